The van der Waals surface area contributed by atoms with Crippen LogP contribution in [-0.2, 0) is 6.42 Å². The molecule has 0 saturated heterocycles. The maximum Gasteiger partial charge on any atom is 0.194 e. The van der Waals surface area contributed by atoms with Crippen molar-refractivity contribution in [2.75, 3.05) is 13.1 Å². The van der Waals surface area contributed by atoms with Crippen molar-refractivity contribution in [1.82, 2.24) is 10.2 Å². The third-order valence-corrected chi connectivity index (χ3v) is 5.89. The van der Waals surface area contributed by atoms with E-state index in [0.717, 1.165) is 30.9 Å². The van der Waals surface area contributed by atoms with Gasteiger partial charge in [-0.2, -0.15) is 0 Å². The molecule has 0 bridgehead atoms. The number of hydrogen-bond acceptors (Lipinski definition) is 4. The molecule has 4 atom stereocenters. The molecule has 0 radical (unpaired) electrons. The summed E-state index contributed by atoms with van der Waals surface area (Å²) in [5, 5.41) is 5.88. The van der Waals surface area contributed by atoms with Crippen molar-refractivity contribution in [2.45, 2.75) is 32.4 Å². The number of nitrogens with one attached hydrogen (secondary N) is 1. The molecule has 1 N–H and O–H groups in total. The quantitative estimate of drug-likeness (QED) is 0.749. The Balaban J connectivity index is 0.00000110. The predicted molar refractivity (Wildman–Crippen MR) is 90.4 cm³/mol. The van der Waals surface area contributed by atoms with Crippen LogP contribution in [0.5, 0.6) is 0 Å². The van der Waals surface area contributed by atoms with Crippen LogP contribution in [0.15, 0.2) is 16.4 Å². The van der Waals surface area contributed by atoms with Gasteiger partial charge in [0.1, 0.15) is 0 Å². The average molecular weight is 389 g/mol. The van der Waals surface area contributed by atoms with Crippen LogP contribution < -0.4 is 5.32 Å². The summed E-state index contributed by atoms with van der Waals surface area (Å²) in [7, 11) is 0. The smallest absolute Gasteiger partial charge is 0.194 e. The fourth-order valence-electron chi connectivity index (χ4n) is 3.31. The molecule has 5 heteroatoms. The summed E-state index contributed by atoms with van der Waals surface area (Å²) in [5.74, 6) is 2.75. The summed E-state index contributed by atoms with van der Waals surface area (Å²) in [6, 6.07) is 3.44. The van der Waals surface area contributed by atoms with Gasteiger partial charge in [-0.25, -0.2) is 0 Å². The highest BCUT2D eigenvalue weighted by atomic mass is 127. The van der Waals surface area contributed by atoms with Gasteiger partial charge in [0.15, 0.2) is 5.96 Å². The van der Waals surface area contributed by atoms with Crippen molar-refractivity contribution in [3.63, 3.8) is 0 Å². The second-order valence-electron chi connectivity index (χ2n) is 5.81. The molecule has 2 unspecified atom stereocenters. The van der Waals surface area contributed by atoms with E-state index >= 15 is 0 Å². The number of rotatable bonds is 1. The van der Waals surface area contributed by atoms with Gasteiger partial charge in [-0.1, -0.05) is 13.8 Å². The second kappa shape index (κ2) is 4.91. The van der Waals surface area contributed by atoms with Gasteiger partial charge in [-0.3, -0.25) is 4.99 Å². The second-order valence-corrected chi connectivity index (χ2v) is 6.81. The van der Waals surface area contributed by atoms with Crippen molar-refractivity contribution < 1.29 is 0 Å². The number of thiophene rings is 1. The molecule has 1 saturated carbocycles. The van der Waals surface area contributed by atoms with E-state index in [2.05, 4.69) is 35.5 Å². The Morgan fingerprint density at radius 3 is 2.89 bits per heavy atom. The van der Waals surface area contributed by atoms with Gasteiger partial charge in [0, 0.05) is 17.5 Å². The van der Waals surface area contributed by atoms with Gasteiger partial charge in [0.2, 0.25) is 0 Å². The summed E-state index contributed by atoms with van der Waals surface area (Å²) < 4.78 is 0. The van der Waals surface area contributed by atoms with E-state index in [1.807, 2.05) is 11.3 Å². The van der Waals surface area contributed by atoms with Crippen LogP contribution in [0, 0.1) is 11.8 Å². The Morgan fingerprint density at radius 1 is 1.37 bits per heavy atom. The fraction of sp³-hybridized carbons (Fsp3) is 0.643. The molecular weight excluding hydrogens is 369 g/mol. The number of hydrogen-bond donors (Lipinski definition) is 1. The lowest BCUT2D eigenvalue weighted by atomic mass is 10.0. The number of fused-ring (bicyclic) bond motifs is 3. The third kappa shape index (κ3) is 2.09. The Bertz CT molecular complexity index is 505. The molecule has 3 aliphatic rings. The molecule has 0 amide bonds. The molecule has 0 aromatic carbocycles. The van der Waals surface area contributed by atoms with Gasteiger partial charge in [-0.05, 0) is 35.3 Å². The van der Waals surface area contributed by atoms with Crippen LogP contribution in [0.2, 0.25) is 0 Å². The first-order chi connectivity index (χ1) is 8.75. The van der Waals surface area contributed by atoms with E-state index in [9.17, 15) is 0 Å². The first-order valence-corrected chi connectivity index (χ1v) is 7.77. The van der Waals surface area contributed by atoms with Gasteiger partial charge in [-0.15, -0.1) is 35.3 Å². The third-order valence-electron chi connectivity index (χ3n) is 4.90. The topological polar surface area (TPSA) is 27.6 Å². The molecule has 0 spiro atoms. The highest BCUT2D eigenvalue weighted by Crippen LogP contribution is 2.40. The van der Waals surface area contributed by atoms with Crippen LogP contribution in [0.1, 0.15) is 30.3 Å². The minimum absolute atomic E-state index is 0. The van der Waals surface area contributed by atoms with Crippen molar-refractivity contribution >= 4 is 41.3 Å². The number of nitrogens with zero attached hydrogens (tertiary/aromatic N) is 2. The summed E-state index contributed by atoms with van der Waals surface area (Å²) >= 11 is 1.90. The van der Waals surface area contributed by atoms with Gasteiger partial charge in [0.05, 0.1) is 12.6 Å². The summed E-state index contributed by atoms with van der Waals surface area (Å²) in [6.45, 7) is 6.70. The molecule has 4 rings (SSSR count). The van der Waals surface area contributed by atoms with E-state index in [4.69, 9.17) is 4.99 Å². The van der Waals surface area contributed by atoms with Crippen molar-refractivity contribution in [3.05, 3.63) is 21.9 Å². The highest BCUT2D eigenvalue weighted by Gasteiger charge is 2.45. The van der Waals surface area contributed by atoms with Gasteiger partial charge >= 0.3 is 0 Å². The van der Waals surface area contributed by atoms with E-state index < -0.39 is 0 Å². The molecule has 1 aromatic heterocycles. The lowest BCUT2D eigenvalue weighted by Crippen LogP contribution is -2.44. The molecule has 19 heavy (non-hydrogen) atoms. The number of aliphatic imine (C=N–C) groups is 1. The molecule has 1 aromatic rings. The molecule has 1 fully saturated rings. The standard InChI is InChI=1S/C14H19N3S.HI/c1-8-9(2)13(8)16-14-15-7-11-10-4-6-18-12(10)3-5-17(11)14;/h4,6,8-9,11,13H,3,5,7H2,1-2H3,(H,15,16);1H/t8-,9+,11?,13?;. The Hall–Kier alpha value is -0.300. The Kier molecular flexibility index (Phi) is 3.53. The van der Waals surface area contributed by atoms with E-state index in [1.54, 1.807) is 4.88 Å². The van der Waals surface area contributed by atoms with Crippen LogP contribution in [0.3, 0.4) is 0 Å². The number of halogens is 1. The highest BCUT2D eigenvalue weighted by molar-refractivity contribution is 14.0. The molecule has 1 aliphatic carbocycles. The van der Waals surface area contributed by atoms with Crippen LogP contribution in [0.4, 0.5) is 0 Å². The SMILES string of the molecule is C[C@@H]1C(NC2=NCC3c4ccsc4CCN23)[C@@H]1C.I. The van der Waals surface area contributed by atoms with E-state index in [-0.39, 0.29) is 24.0 Å². The van der Waals surface area contributed by atoms with Crippen molar-refractivity contribution in [3.8, 4) is 0 Å². The zero-order valence-corrected chi connectivity index (χ0v) is 14.4. The predicted octanol–water partition coefficient (Wildman–Crippen LogP) is 2.88. The molecule has 3 heterocycles. The lowest BCUT2D eigenvalue weighted by Gasteiger charge is -2.32. The fourth-order valence-corrected chi connectivity index (χ4v) is 4.24. The molecular formula is C14H20IN3S. The van der Waals surface area contributed by atoms with Gasteiger partial charge < -0.3 is 10.2 Å². The largest absolute Gasteiger partial charge is 0.353 e. The number of guanidine groups is 1. The van der Waals surface area contributed by atoms with Crippen LogP contribution >= 0.6 is 35.3 Å². The molecule has 2 aliphatic heterocycles. The maximum absolute atomic E-state index is 4.74. The Labute approximate surface area is 135 Å². The van der Waals surface area contributed by atoms with Crippen LogP contribution in [0.25, 0.3) is 0 Å². The Morgan fingerprint density at radius 2 is 2.16 bits per heavy atom. The normalized spacial score (nSPS) is 35.1. The zero-order chi connectivity index (χ0) is 12.3. The van der Waals surface area contributed by atoms with E-state index in [0.29, 0.717) is 12.1 Å². The van der Waals surface area contributed by atoms with Crippen LogP contribution in [-0.4, -0.2) is 30.0 Å². The van der Waals surface area contributed by atoms with Crippen molar-refractivity contribution in [1.29, 1.82) is 0 Å². The molecule has 3 nitrogen and oxygen atoms in total. The minimum atomic E-state index is 0. The monoisotopic (exact) mass is 389 g/mol. The first kappa shape index (κ1) is 13.7. The maximum atomic E-state index is 4.74. The lowest BCUT2D eigenvalue weighted by molar-refractivity contribution is 0.325. The summed E-state index contributed by atoms with van der Waals surface area (Å²) in [4.78, 5) is 8.79. The first-order valence-electron chi connectivity index (χ1n) is 6.89. The molecule has 104 valence electrons. The average Bonchev–Trinajstić information content (AvgIpc) is 2.85. The zero-order valence-electron chi connectivity index (χ0n) is 11.3. The minimum Gasteiger partial charge on any atom is -0.353 e. The van der Waals surface area contributed by atoms with Crippen molar-refractivity contribution in [2.24, 2.45) is 16.8 Å². The summed E-state index contributed by atoms with van der Waals surface area (Å²) in [5.41, 5.74) is 1.52. The van der Waals surface area contributed by atoms with E-state index in [1.165, 1.54) is 12.0 Å². The summed E-state index contributed by atoms with van der Waals surface area (Å²) in [6.07, 6.45) is 1.18. The van der Waals surface area contributed by atoms with Gasteiger partial charge in [0.25, 0.3) is 0 Å².